The number of para-hydroxylation sites is 1. The maximum Gasteiger partial charge on any atom is 0.269 e. The van der Waals surface area contributed by atoms with Crippen LogP contribution in [0.3, 0.4) is 0 Å². The lowest BCUT2D eigenvalue weighted by molar-refractivity contribution is 0.0930. The highest BCUT2D eigenvalue weighted by Gasteiger charge is 2.20. The molecule has 98 valence electrons. The van der Waals surface area contributed by atoms with Crippen LogP contribution in [0, 0.1) is 0 Å². The highest BCUT2D eigenvalue weighted by Crippen LogP contribution is 2.21. The molecule has 1 atom stereocenters. The Bertz CT molecular complexity index is 605. The summed E-state index contributed by atoms with van der Waals surface area (Å²) in [5, 5.41) is 6.38. The molecular formula is C14H16N4O. The number of nitrogens with zero attached hydrogens (tertiary/aromatic N) is 2. The van der Waals surface area contributed by atoms with Gasteiger partial charge < -0.3 is 15.2 Å². The lowest BCUT2D eigenvalue weighted by Gasteiger charge is -2.26. The summed E-state index contributed by atoms with van der Waals surface area (Å²) in [6.07, 6.45) is 4.07. The highest BCUT2D eigenvalue weighted by atomic mass is 16.2. The third kappa shape index (κ3) is 2.31. The molecule has 0 bridgehead atoms. The minimum atomic E-state index is -0.0776. The van der Waals surface area contributed by atoms with Gasteiger partial charge in [-0.25, -0.2) is 4.98 Å². The summed E-state index contributed by atoms with van der Waals surface area (Å²) in [6.45, 7) is 0.751. The van der Waals surface area contributed by atoms with Gasteiger partial charge in [-0.2, -0.15) is 0 Å². The topological polar surface area (TPSA) is 59.0 Å². The first-order chi connectivity index (χ1) is 9.24. The summed E-state index contributed by atoms with van der Waals surface area (Å²) in [5.41, 5.74) is 2.98. The predicted octanol–water partition coefficient (Wildman–Crippen LogP) is 1.19. The Hall–Kier alpha value is -2.30. The van der Waals surface area contributed by atoms with Gasteiger partial charge in [0.05, 0.1) is 18.6 Å². The molecule has 19 heavy (non-hydrogen) atoms. The fourth-order valence-corrected chi connectivity index (χ4v) is 2.38. The summed E-state index contributed by atoms with van der Waals surface area (Å²) in [4.78, 5) is 16.1. The third-order valence-corrected chi connectivity index (χ3v) is 3.41. The standard InChI is InChI=1S/C14H16N4O/c1-18-9-15-8-13(18)14(19)17-11-6-10-4-2-3-5-12(10)16-7-11/h2-5,8-9,11,16H,6-7H2,1H3,(H,17,19). The number of carbonyl (C=O) groups excluding carboxylic acids is 1. The first-order valence-electron chi connectivity index (χ1n) is 6.33. The number of aryl methyl sites for hydroxylation is 1. The number of benzene rings is 1. The molecule has 1 aliphatic heterocycles. The van der Waals surface area contributed by atoms with Gasteiger partial charge in [0, 0.05) is 19.3 Å². The lowest BCUT2D eigenvalue weighted by Crippen LogP contribution is -2.44. The molecule has 1 unspecified atom stereocenters. The van der Waals surface area contributed by atoms with Gasteiger partial charge in [-0.1, -0.05) is 18.2 Å². The molecule has 1 aromatic heterocycles. The normalized spacial score (nSPS) is 17.4. The summed E-state index contributed by atoms with van der Waals surface area (Å²) in [5.74, 6) is -0.0776. The molecule has 0 saturated heterocycles. The van der Waals surface area contributed by atoms with Crippen LogP contribution in [0.25, 0.3) is 0 Å². The number of amides is 1. The summed E-state index contributed by atoms with van der Waals surface area (Å²) in [6, 6.07) is 8.29. The Kier molecular flexibility index (Phi) is 2.95. The van der Waals surface area contributed by atoms with Gasteiger partial charge in [0.2, 0.25) is 0 Å². The van der Waals surface area contributed by atoms with Crippen molar-refractivity contribution >= 4 is 11.6 Å². The number of rotatable bonds is 2. The summed E-state index contributed by atoms with van der Waals surface area (Å²) in [7, 11) is 1.82. The smallest absolute Gasteiger partial charge is 0.269 e. The minimum Gasteiger partial charge on any atom is -0.383 e. The van der Waals surface area contributed by atoms with E-state index in [-0.39, 0.29) is 11.9 Å². The Morgan fingerprint density at radius 3 is 3.11 bits per heavy atom. The Morgan fingerprint density at radius 1 is 1.47 bits per heavy atom. The van der Waals surface area contributed by atoms with Gasteiger partial charge in [0.25, 0.3) is 5.91 Å². The monoisotopic (exact) mass is 256 g/mol. The Balaban J connectivity index is 1.70. The van der Waals surface area contributed by atoms with Crippen molar-refractivity contribution in [1.29, 1.82) is 0 Å². The van der Waals surface area contributed by atoms with E-state index < -0.39 is 0 Å². The predicted molar refractivity (Wildman–Crippen MR) is 73.1 cm³/mol. The molecular weight excluding hydrogens is 240 g/mol. The van der Waals surface area contributed by atoms with E-state index >= 15 is 0 Å². The maximum absolute atomic E-state index is 12.1. The molecule has 0 saturated carbocycles. The number of anilines is 1. The molecule has 0 radical (unpaired) electrons. The molecule has 5 nitrogen and oxygen atoms in total. The summed E-state index contributed by atoms with van der Waals surface area (Å²) >= 11 is 0. The fourth-order valence-electron chi connectivity index (χ4n) is 2.38. The van der Waals surface area contributed by atoms with Crippen LogP contribution >= 0.6 is 0 Å². The van der Waals surface area contributed by atoms with Crippen LogP contribution < -0.4 is 10.6 Å². The Morgan fingerprint density at radius 2 is 2.32 bits per heavy atom. The zero-order valence-corrected chi connectivity index (χ0v) is 10.8. The molecule has 0 aliphatic carbocycles. The van der Waals surface area contributed by atoms with Gasteiger partial charge in [0.15, 0.2) is 0 Å². The zero-order valence-electron chi connectivity index (χ0n) is 10.8. The second-order valence-corrected chi connectivity index (χ2v) is 4.80. The van der Waals surface area contributed by atoms with Crippen molar-refractivity contribution in [2.24, 2.45) is 7.05 Å². The Labute approximate surface area is 111 Å². The van der Waals surface area contributed by atoms with E-state index in [0.717, 1.165) is 18.7 Å². The first kappa shape index (κ1) is 11.8. The molecule has 2 N–H and O–H groups in total. The van der Waals surface area contributed by atoms with E-state index in [1.165, 1.54) is 5.56 Å². The zero-order chi connectivity index (χ0) is 13.2. The van der Waals surface area contributed by atoms with E-state index in [0.29, 0.717) is 5.69 Å². The van der Waals surface area contributed by atoms with Gasteiger partial charge >= 0.3 is 0 Å². The van der Waals surface area contributed by atoms with Crippen LogP contribution in [0.1, 0.15) is 16.1 Å². The minimum absolute atomic E-state index is 0.0776. The molecule has 5 heteroatoms. The van der Waals surface area contributed by atoms with Crippen LogP contribution in [0.15, 0.2) is 36.8 Å². The van der Waals surface area contributed by atoms with Crippen LogP contribution in [0.5, 0.6) is 0 Å². The largest absolute Gasteiger partial charge is 0.383 e. The van der Waals surface area contributed by atoms with E-state index in [9.17, 15) is 4.79 Å². The van der Waals surface area contributed by atoms with Crippen LogP contribution in [0.2, 0.25) is 0 Å². The number of nitrogens with one attached hydrogen (secondary N) is 2. The molecule has 2 heterocycles. The quantitative estimate of drug-likeness (QED) is 0.848. The number of aromatic nitrogens is 2. The fraction of sp³-hybridized carbons (Fsp3) is 0.286. The molecule has 1 aliphatic rings. The lowest BCUT2D eigenvalue weighted by atomic mass is 10.00. The van der Waals surface area contributed by atoms with Crippen molar-refractivity contribution in [3.8, 4) is 0 Å². The maximum atomic E-state index is 12.1. The van der Waals surface area contributed by atoms with Gasteiger partial charge in [-0.05, 0) is 18.1 Å². The van der Waals surface area contributed by atoms with E-state index in [1.807, 2.05) is 19.2 Å². The van der Waals surface area contributed by atoms with Crippen LogP contribution in [-0.2, 0) is 13.5 Å². The highest BCUT2D eigenvalue weighted by molar-refractivity contribution is 5.92. The molecule has 1 aromatic carbocycles. The number of fused-ring (bicyclic) bond motifs is 1. The van der Waals surface area contributed by atoms with Gasteiger partial charge in [-0.15, -0.1) is 0 Å². The van der Waals surface area contributed by atoms with Gasteiger partial charge in [-0.3, -0.25) is 4.79 Å². The van der Waals surface area contributed by atoms with Gasteiger partial charge in [0.1, 0.15) is 5.69 Å². The first-order valence-corrected chi connectivity index (χ1v) is 6.33. The molecule has 3 rings (SSSR count). The average molecular weight is 256 g/mol. The number of imidazole rings is 1. The van der Waals surface area contributed by atoms with Crippen molar-refractivity contribution in [3.05, 3.63) is 48.0 Å². The number of hydrogen-bond donors (Lipinski definition) is 2. The van der Waals surface area contributed by atoms with E-state index in [4.69, 9.17) is 0 Å². The average Bonchev–Trinajstić information content (AvgIpc) is 2.85. The third-order valence-electron chi connectivity index (χ3n) is 3.41. The van der Waals surface area contributed by atoms with Crippen molar-refractivity contribution in [2.75, 3.05) is 11.9 Å². The SMILES string of the molecule is Cn1cncc1C(=O)NC1CNc2ccccc2C1. The van der Waals surface area contributed by atoms with Crippen molar-refractivity contribution in [2.45, 2.75) is 12.5 Å². The molecule has 2 aromatic rings. The van der Waals surface area contributed by atoms with Crippen LogP contribution in [-0.4, -0.2) is 28.0 Å². The van der Waals surface area contributed by atoms with Crippen molar-refractivity contribution in [1.82, 2.24) is 14.9 Å². The molecule has 1 amide bonds. The van der Waals surface area contributed by atoms with Crippen LogP contribution in [0.4, 0.5) is 5.69 Å². The molecule has 0 fully saturated rings. The van der Waals surface area contributed by atoms with Crippen molar-refractivity contribution < 1.29 is 4.79 Å². The number of carbonyl (C=O) groups is 1. The second kappa shape index (κ2) is 4.76. The van der Waals surface area contributed by atoms with E-state index in [2.05, 4.69) is 27.8 Å². The summed E-state index contributed by atoms with van der Waals surface area (Å²) < 4.78 is 1.72. The molecule has 0 spiro atoms. The van der Waals surface area contributed by atoms with Crippen molar-refractivity contribution in [3.63, 3.8) is 0 Å². The second-order valence-electron chi connectivity index (χ2n) is 4.80. The number of hydrogen-bond acceptors (Lipinski definition) is 3. The van der Waals surface area contributed by atoms with E-state index in [1.54, 1.807) is 17.1 Å².